The zero-order chi connectivity index (χ0) is 16.1. The van der Waals surface area contributed by atoms with Crippen LogP contribution in [-0.2, 0) is 0 Å². The van der Waals surface area contributed by atoms with Crippen LogP contribution in [0.15, 0.2) is 34.1 Å². The van der Waals surface area contributed by atoms with Crippen molar-refractivity contribution in [2.75, 3.05) is 20.6 Å². The summed E-state index contributed by atoms with van der Waals surface area (Å²) in [5.74, 6) is 1.60. The van der Waals surface area contributed by atoms with Crippen LogP contribution in [0.25, 0.3) is 0 Å². The van der Waals surface area contributed by atoms with E-state index in [9.17, 15) is 4.79 Å². The van der Waals surface area contributed by atoms with Crippen molar-refractivity contribution >= 4 is 17.4 Å². The number of rotatable bonds is 6. The van der Waals surface area contributed by atoms with Gasteiger partial charge in [-0.05, 0) is 51.5 Å². The van der Waals surface area contributed by atoms with Crippen molar-refractivity contribution in [1.29, 1.82) is 0 Å². The van der Waals surface area contributed by atoms with E-state index in [1.165, 1.54) is 4.88 Å². The Morgan fingerprint density at radius 2 is 2.14 bits per heavy atom. The second kappa shape index (κ2) is 7.47. The lowest BCUT2D eigenvalue weighted by atomic mass is 10.2. The molecule has 0 saturated heterocycles. The van der Waals surface area contributed by atoms with E-state index in [2.05, 4.69) is 21.6 Å². The third-order valence-corrected chi connectivity index (χ3v) is 4.46. The van der Waals surface area contributed by atoms with Crippen LogP contribution in [-0.4, -0.2) is 31.6 Å². The molecule has 0 aliphatic rings. The summed E-state index contributed by atoms with van der Waals surface area (Å²) in [5.41, 5.74) is 0. The van der Waals surface area contributed by atoms with Crippen LogP contribution >= 0.6 is 11.3 Å². The van der Waals surface area contributed by atoms with E-state index in [1.807, 2.05) is 51.5 Å². The number of aryl methyl sites for hydroxylation is 1. The quantitative estimate of drug-likeness (QED) is 0.858. The Morgan fingerprint density at radius 1 is 1.36 bits per heavy atom. The van der Waals surface area contributed by atoms with Crippen LogP contribution in [0, 0.1) is 6.92 Å². The predicted octanol–water partition coefficient (Wildman–Crippen LogP) is 3.31. The van der Waals surface area contributed by atoms with E-state index in [-0.39, 0.29) is 18.1 Å². The summed E-state index contributed by atoms with van der Waals surface area (Å²) in [6.07, 6.45) is 0. The molecule has 0 aromatic carbocycles. The van der Waals surface area contributed by atoms with Crippen LogP contribution in [0.5, 0.6) is 0 Å². The second-order valence-corrected chi connectivity index (χ2v) is 6.50. The largest absolute Gasteiger partial charge is 0.464 e. The van der Waals surface area contributed by atoms with Gasteiger partial charge in [0.25, 0.3) is 0 Å². The van der Waals surface area contributed by atoms with Gasteiger partial charge in [0.05, 0.1) is 12.1 Å². The fourth-order valence-electron chi connectivity index (χ4n) is 2.21. The zero-order valence-corrected chi connectivity index (χ0v) is 14.2. The first kappa shape index (κ1) is 16.6. The average molecular weight is 321 g/mol. The van der Waals surface area contributed by atoms with Gasteiger partial charge in [0.15, 0.2) is 0 Å². The highest BCUT2D eigenvalue weighted by Crippen LogP contribution is 2.22. The lowest BCUT2D eigenvalue weighted by Gasteiger charge is -2.24. The molecule has 2 heterocycles. The van der Waals surface area contributed by atoms with Crippen molar-refractivity contribution in [3.63, 3.8) is 0 Å². The maximum Gasteiger partial charge on any atom is 0.315 e. The number of likely N-dealkylation sites (N-methyl/N-ethyl adjacent to an activating group) is 1. The Balaban J connectivity index is 1.86. The molecule has 2 N–H and O–H groups in total. The van der Waals surface area contributed by atoms with Crippen molar-refractivity contribution in [3.8, 4) is 0 Å². The third kappa shape index (κ3) is 4.35. The van der Waals surface area contributed by atoms with Gasteiger partial charge in [-0.2, -0.15) is 0 Å². The predicted molar refractivity (Wildman–Crippen MR) is 89.1 cm³/mol. The zero-order valence-electron chi connectivity index (χ0n) is 13.4. The number of hydrogen-bond donors (Lipinski definition) is 2. The lowest BCUT2D eigenvalue weighted by Crippen LogP contribution is -2.41. The Hall–Kier alpha value is -1.79. The molecule has 0 aliphatic heterocycles. The molecule has 2 amide bonds. The SMILES string of the molecule is Cc1ccc([C@H](C)NC(=O)NC[C@@H](c2cccs2)N(C)C)o1. The summed E-state index contributed by atoms with van der Waals surface area (Å²) in [7, 11) is 4.02. The van der Waals surface area contributed by atoms with Crippen molar-refractivity contribution in [1.82, 2.24) is 15.5 Å². The normalized spacial score (nSPS) is 13.9. The third-order valence-electron chi connectivity index (χ3n) is 3.49. The van der Waals surface area contributed by atoms with Crippen molar-refractivity contribution < 1.29 is 9.21 Å². The summed E-state index contributed by atoms with van der Waals surface area (Å²) in [6.45, 7) is 4.35. The van der Waals surface area contributed by atoms with Crippen LogP contribution in [0.2, 0.25) is 0 Å². The highest BCUT2D eigenvalue weighted by molar-refractivity contribution is 7.10. The first-order chi connectivity index (χ1) is 10.5. The topological polar surface area (TPSA) is 57.5 Å². The minimum atomic E-state index is -0.190. The maximum atomic E-state index is 12.1. The Kier molecular flexibility index (Phi) is 5.63. The Morgan fingerprint density at radius 3 is 2.68 bits per heavy atom. The number of thiophene rings is 1. The van der Waals surface area contributed by atoms with Gasteiger partial charge >= 0.3 is 6.03 Å². The number of furan rings is 1. The number of amides is 2. The number of hydrogen-bond acceptors (Lipinski definition) is 4. The number of urea groups is 1. The smallest absolute Gasteiger partial charge is 0.315 e. The molecule has 2 aromatic heterocycles. The van der Waals surface area contributed by atoms with Gasteiger partial charge in [0.1, 0.15) is 11.5 Å². The molecule has 6 heteroatoms. The van der Waals surface area contributed by atoms with E-state index >= 15 is 0 Å². The van der Waals surface area contributed by atoms with E-state index in [4.69, 9.17) is 4.42 Å². The minimum Gasteiger partial charge on any atom is -0.464 e. The summed E-state index contributed by atoms with van der Waals surface area (Å²) in [4.78, 5) is 15.4. The fraction of sp³-hybridized carbons (Fsp3) is 0.438. The second-order valence-electron chi connectivity index (χ2n) is 5.52. The van der Waals surface area contributed by atoms with E-state index in [1.54, 1.807) is 11.3 Å². The van der Waals surface area contributed by atoms with Crippen molar-refractivity contribution in [2.24, 2.45) is 0 Å². The molecule has 0 bridgehead atoms. The minimum absolute atomic E-state index is 0.159. The van der Waals surface area contributed by atoms with Gasteiger partial charge in [0.2, 0.25) is 0 Å². The first-order valence-electron chi connectivity index (χ1n) is 7.28. The Bertz CT molecular complexity index is 592. The van der Waals surface area contributed by atoms with E-state index in [0.717, 1.165) is 11.5 Å². The van der Waals surface area contributed by atoms with E-state index in [0.29, 0.717) is 6.54 Å². The summed E-state index contributed by atoms with van der Waals surface area (Å²) in [6, 6.07) is 7.71. The summed E-state index contributed by atoms with van der Waals surface area (Å²) in [5, 5.41) is 7.87. The first-order valence-corrected chi connectivity index (χ1v) is 8.16. The molecule has 5 nitrogen and oxygen atoms in total. The molecule has 0 unspecified atom stereocenters. The summed E-state index contributed by atoms with van der Waals surface area (Å²) >= 11 is 1.70. The van der Waals surface area contributed by atoms with Gasteiger partial charge in [0, 0.05) is 11.4 Å². The number of carbonyl (C=O) groups excluding carboxylic acids is 1. The Labute approximate surface area is 135 Å². The molecule has 22 heavy (non-hydrogen) atoms. The average Bonchev–Trinajstić information content (AvgIpc) is 3.10. The molecule has 2 atom stereocenters. The van der Waals surface area contributed by atoms with Gasteiger partial charge < -0.3 is 20.0 Å². The molecule has 0 fully saturated rings. The van der Waals surface area contributed by atoms with Gasteiger partial charge in [-0.1, -0.05) is 6.07 Å². The number of nitrogens with zero attached hydrogens (tertiary/aromatic N) is 1. The monoisotopic (exact) mass is 321 g/mol. The van der Waals surface area contributed by atoms with Crippen LogP contribution in [0.4, 0.5) is 4.79 Å². The van der Waals surface area contributed by atoms with Crippen LogP contribution in [0.3, 0.4) is 0 Å². The highest BCUT2D eigenvalue weighted by atomic mass is 32.1. The van der Waals surface area contributed by atoms with E-state index < -0.39 is 0 Å². The lowest BCUT2D eigenvalue weighted by molar-refractivity contribution is 0.229. The molecule has 0 saturated carbocycles. The maximum absolute atomic E-state index is 12.1. The molecule has 0 radical (unpaired) electrons. The number of nitrogens with one attached hydrogen (secondary N) is 2. The molecule has 2 rings (SSSR count). The fourth-order valence-corrected chi connectivity index (χ4v) is 3.14. The van der Waals surface area contributed by atoms with Gasteiger partial charge in [-0.3, -0.25) is 0 Å². The van der Waals surface area contributed by atoms with Crippen LogP contribution in [0.1, 0.15) is 35.4 Å². The molecule has 120 valence electrons. The molecular weight excluding hydrogens is 298 g/mol. The van der Waals surface area contributed by atoms with Gasteiger partial charge in [-0.15, -0.1) is 11.3 Å². The number of carbonyl (C=O) groups is 1. The van der Waals surface area contributed by atoms with Crippen molar-refractivity contribution in [2.45, 2.75) is 25.9 Å². The molecule has 2 aromatic rings. The van der Waals surface area contributed by atoms with Gasteiger partial charge in [-0.25, -0.2) is 4.79 Å². The molecule has 0 aliphatic carbocycles. The van der Waals surface area contributed by atoms with Crippen molar-refractivity contribution in [3.05, 3.63) is 46.0 Å². The highest BCUT2D eigenvalue weighted by Gasteiger charge is 2.17. The summed E-state index contributed by atoms with van der Waals surface area (Å²) < 4.78 is 5.52. The molecular formula is C16H23N3O2S. The standard InChI is InChI=1S/C16H23N3O2S/c1-11-7-8-14(21-11)12(2)18-16(20)17-10-13(19(3)4)15-6-5-9-22-15/h5-9,12-13H,10H2,1-4H3,(H2,17,18,20)/t12-,13-/m0/s1. The van der Waals surface area contributed by atoms with Crippen LogP contribution < -0.4 is 10.6 Å². The molecule has 0 spiro atoms.